The van der Waals surface area contributed by atoms with Crippen molar-refractivity contribution in [3.05, 3.63) is 35.6 Å². The lowest BCUT2D eigenvalue weighted by Gasteiger charge is -2.10. The molecule has 4 nitrogen and oxygen atoms in total. The fraction of sp³-hybridized carbons (Fsp3) is 0.500. The lowest BCUT2D eigenvalue weighted by molar-refractivity contribution is 0.130. The number of hydrogen-bond acceptors (Lipinski definition) is 4. The van der Waals surface area contributed by atoms with Gasteiger partial charge in [0.05, 0.1) is 18.5 Å². The molecule has 2 unspecified atom stereocenters. The third kappa shape index (κ3) is 1.94. The summed E-state index contributed by atoms with van der Waals surface area (Å²) in [6.45, 7) is -0.884. The summed E-state index contributed by atoms with van der Waals surface area (Å²) in [7, 11) is -3.41. The van der Waals surface area contributed by atoms with E-state index < -0.39 is 45.5 Å². The zero-order chi connectivity index (χ0) is 13.6. The summed E-state index contributed by atoms with van der Waals surface area (Å²) in [6, 6.07) is 5.61. The Hall–Kier alpha value is -0.980. The Morgan fingerprint density at radius 2 is 1.94 bits per heavy atom. The predicted molar refractivity (Wildman–Crippen MR) is 64.4 cm³/mol. The highest BCUT2D eigenvalue weighted by Crippen LogP contribution is 2.62. The fourth-order valence-electron chi connectivity index (χ4n) is 2.76. The largest absolute Gasteiger partial charge is 0.396 e. The summed E-state index contributed by atoms with van der Waals surface area (Å²) < 4.78 is 36.5. The zero-order valence-electron chi connectivity index (χ0n) is 9.88. The molecule has 0 bridgehead atoms. The van der Waals surface area contributed by atoms with Crippen LogP contribution in [0.15, 0.2) is 24.3 Å². The molecular formula is C12H15FO4S. The van der Waals surface area contributed by atoms with Gasteiger partial charge in [0.2, 0.25) is 0 Å². The molecule has 0 heterocycles. The topological polar surface area (TPSA) is 74.6 Å². The Morgan fingerprint density at radius 3 is 2.33 bits per heavy atom. The lowest BCUT2D eigenvalue weighted by Crippen LogP contribution is -2.22. The monoisotopic (exact) mass is 274 g/mol. The minimum absolute atomic E-state index is 0.442. The van der Waals surface area contributed by atoms with Crippen LogP contribution in [0, 0.1) is 11.2 Å². The van der Waals surface area contributed by atoms with Crippen LogP contribution in [0.2, 0.25) is 0 Å². The van der Waals surface area contributed by atoms with Gasteiger partial charge in [0.25, 0.3) is 0 Å². The van der Waals surface area contributed by atoms with Crippen LogP contribution in [0.1, 0.15) is 11.5 Å². The van der Waals surface area contributed by atoms with Crippen LogP contribution in [-0.2, 0) is 9.84 Å². The molecule has 1 aromatic carbocycles. The normalized spacial score (nSPS) is 26.0. The Morgan fingerprint density at radius 1 is 1.33 bits per heavy atom. The standard InChI is InChI=1S/C12H15FO4S/c1-18(16,17)11-10(12(11,6-14)7-15)8-3-2-4-9(13)5-8/h2-5,10-11,14-15H,6-7H2,1H3. The molecule has 0 radical (unpaired) electrons. The van der Waals surface area contributed by atoms with Gasteiger partial charge in [0.15, 0.2) is 9.84 Å². The molecule has 1 saturated carbocycles. The third-order valence-corrected chi connectivity index (χ3v) is 5.30. The summed E-state index contributed by atoms with van der Waals surface area (Å²) in [5.41, 5.74) is -0.602. The molecular weight excluding hydrogens is 259 g/mol. The van der Waals surface area contributed by atoms with Gasteiger partial charge in [-0.1, -0.05) is 12.1 Å². The number of rotatable bonds is 4. The highest BCUT2D eigenvalue weighted by molar-refractivity contribution is 7.91. The number of aliphatic hydroxyl groups is 2. The van der Waals surface area contributed by atoms with Crippen molar-refractivity contribution in [2.45, 2.75) is 11.2 Å². The number of benzene rings is 1. The van der Waals surface area contributed by atoms with Crippen molar-refractivity contribution in [3.8, 4) is 0 Å². The van der Waals surface area contributed by atoms with E-state index in [-0.39, 0.29) is 0 Å². The quantitative estimate of drug-likeness (QED) is 0.828. The smallest absolute Gasteiger partial charge is 0.151 e. The van der Waals surface area contributed by atoms with Gasteiger partial charge in [-0.05, 0) is 17.7 Å². The van der Waals surface area contributed by atoms with Crippen molar-refractivity contribution in [1.29, 1.82) is 0 Å². The van der Waals surface area contributed by atoms with Crippen molar-refractivity contribution in [3.63, 3.8) is 0 Å². The van der Waals surface area contributed by atoms with Gasteiger partial charge in [0, 0.05) is 17.6 Å². The minimum atomic E-state index is -3.41. The lowest BCUT2D eigenvalue weighted by atomic mass is 10.0. The average molecular weight is 274 g/mol. The molecule has 0 amide bonds. The van der Waals surface area contributed by atoms with Crippen molar-refractivity contribution in [2.24, 2.45) is 5.41 Å². The molecule has 1 aromatic rings. The molecule has 2 rings (SSSR count). The van der Waals surface area contributed by atoms with Crippen LogP contribution in [0.3, 0.4) is 0 Å². The second kappa shape index (κ2) is 4.29. The van der Waals surface area contributed by atoms with E-state index in [0.29, 0.717) is 5.56 Å². The van der Waals surface area contributed by atoms with E-state index in [0.717, 1.165) is 6.26 Å². The van der Waals surface area contributed by atoms with Crippen LogP contribution in [-0.4, -0.2) is 43.4 Å². The molecule has 2 N–H and O–H groups in total. The van der Waals surface area contributed by atoms with Gasteiger partial charge < -0.3 is 10.2 Å². The Kier molecular flexibility index (Phi) is 3.21. The summed E-state index contributed by atoms with van der Waals surface area (Å²) in [6.07, 6.45) is 1.07. The molecule has 0 spiro atoms. The molecule has 0 saturated heterocycles. The van der Waals surface area contributed by atoms with Gasteiger partial charge in [-0.15, -0.1) is 0 Å². The van der Waals surface area contributed by atoms with E-state index in [1.807, 2.05) is 0 Å². The van der Waals surface area contributed by atoms with E-state index in [9.17, 15) is 23.0 Å². The van der Waals surface area contributed by atoms with Crippen LogP contribution < -0.4 is 0 Å². The molecule has 18 heavy (non-hydrogen) atoms. The highest BCUT2D eigenvalue weighted by Gasteiger charge is 2.69. The van der Waals surface area contributed by atoms with Crippen molar-refractivity contribution in [2.75, 3.05) is 19.5 Å². The van der Waals surface area contributed by atoms with Crippen molar-refractivity contribution >= 4 is 9.84 Å². The first-order valence-electron chi connectivity index (χ1n) is 5.53. The summed E-state index contributed by atoms with van der Waals surface area (Å²) >= 11 is 0. The van der Waals surface area contributed by atoms with Crippen LogP contribution in [0.4, 0.5) is 4.39 Å². The molecule has 2 atom stereocenters. The van der Waals surface area contributed by atoms with Gasteiger partial charge in [0.1, 0.15) is 5.82 Å². The van der Waals surface area contributed by atoms with Gasteiger partial charge in [-0.3, -0.25) is 0 Å². The first-order chi connectivity index (χ1) is 8.36. The number of hydrogen-bond donors (Lipinski definition) is 2. The Labute approximate surface area is 105 Å². The maximum Gasteiger partial charge on any atom is 0.151 e. The van der Waals surface area contributed by atoms with Crippen LogP contribution >= 0.6 is 0 Å². The van der Waals surface area contributed by atoms with E-state index in [1.54, 1.807) is 6.07 Å². The third-order valence-electron chi connectivity index (χ3n) is 3.64. The maximum absolute atomic E-state index is 13.2. The van der Waals surface area contributed by atoms with E-state index in [1.165, 1.54) is 18.2 Å². The SMILES string of the molecule is CS(=O)(=O)C1C(c2cccc(F)c2)C1(CO)CO. The number of halogens is 1. The maximum atomic E-state index is 13.2. The Balaban J connectivity index is 2.45. The second-order valence-corrected chi connectivity index (χ2v) is 7.00. The predicted octanol–water partition coefficient (Wildman–Crippen LogP) is 0.307. The van der Waals surface area contributed by atoms with Crippen LogP contribution in [0.5, 0.6) is 0 Å². The van der Waals surface area contributed by atoms with Crippen molar-refractivity contribution in [1.82, 2.24) is 0 Å². The number of sulfone groups is 1. The summed E-state index contributed by atoms with van der Waals surface area (Å²) in [4.78, 5) is 0. The molecule has 1 aliphatic carbocycles. The van der Waals surface area contributed by atoms with E-state index in [2.05, 4.69) is 0 Å². The average Bonchev–Trinajstić information content (AvgIpc) is 2.98. The second-order valence-electron chi connectivity index (χ2n) is 4.83. The van der Waals surface area contributed by atoms with Gasteiger partial charge in [-0.2, -0.15) is 0 Å². The fourth-order valence-corrected chi connectivity index (χ4v) is 4.75. The van der Waals surface area contributed by atoms with Gasteiger partial charge >= 0.3 is 0 Å². The molecule has 6 heteroatoms. The van der Waals surface area contributed by atoms with E-state index >= 15 is 0 Å². The Bertz CT molecular complexity index is 551. The zero-order valence-corrected chi connectivity index (χ0v) is 10.7. The summed E-state index contributed by atoms with van der Waals surface area (Å²) in [5, 5.41) is 17.9. The molecule has 0 aliphatic heterocycles. The van der Waals surface area contributed by atoms with Crippen molar-refractivity contribution < 1.29 is 23.0 Å². The molecule has 0 aromatic heterocycles. The highest BCUT2D eigenvalue weighted by atomic mass is 32.2. The first-order valence-corrected chi connectivity index (χ1v) is 7.48. The first kappa shape index (κ1) is 13.5. The van der Waals surface area contributed by atoms with Crippen LogP contribution in [0.25, 0.3) is 0 Å². The molecule has 1 aliphatic rings. The van der Waals surface area contributed by atoms with E-state index in [4.69, 9.17) is 0 Å². The molecule has 1 fully saturated rings. The number of aliphatic hydroxyl groups excluding tert-OH is 2. The minimum Gasteiger partial charge on any atom is -0.396 e. The van der Waals surface area contributed by atoms with Gasteiger partial charge in [-0.25, -0.2) is 12.8 Å². The molecule has 100 valence electrons. The summed E-state index contributed by atoms with van der Waals surface area (Å²) in [5.74, 6) is -1.02.